The highest BCUT2D eigenvalue weighted by Crippen LogP contribution is 2.26. The molecule has 24 heavy (non-hydrogen) atoms. The third-order valence-corrected chi connectivity index (χ3v) is 4.09. The van der Waals surface area contributed by atoms with Gasteiger partial charge in [-0.05, 0) is 26.8 Å². The fourth-order valence-corrected chi connectivity index (χ4v) is 2.85. The van der Waals surface area contributed by atoms with Crippen molar-refractivity contribution in [2.45, 2.75) is 59.1 Å². The first-order valence-corrected chi connectivity index (χ1v) is 8.28. The highest BCUT2D eigenvalue weighted by Gasteiger charge is 2.28. The molecular formula is C18H27N3O3. The highest BCUT2D eigenvalue weighted by atomic mass is 16.3. The van der Waals surface area contributed by atoms with Crippen LogP contribution in [0, 0.1) is 13.8 Å². The zero-order valence-corrected chi connectivity index (χ0v) is 15.1. The van der Waals surface area contributed by atoms with Gasteiger partial charge in [-0.25, -0.2) is 4.98 Å². The SMILES string of the molecule is Cc1cc(C(C)(O)CNC(=O)CCn2ccnc2C(C)C)c(C)o1. The molecule has 0 saturated heterocycles. The number of imidazole rings is 1. The zero-order chi connectivity index (χ0) is 17.9. The van der Waals surface area contributed by atoms with Crippen molar-refractivity contribution >= 4 is 5.91 Å². The molecule has 0 radical (unpaired) electrons. The Hall–Kier alpha value is -2.08. The van der Waals surface area contributed by atoms with Gasteiger partial charge in [0.05, 0.1) is 6.54 Å². The van der Waals surface area contributed by atoms with Gasteiger partial charge in [-0.1, -0.05) is 13.8 Å². The molecule has 0 aliphatic carbocycles. The molecule has 0 saturated carbocycles. The predicted octanol–water partition coefficient (Wildman–Crippen LogP) is 2.63. The summed E-state index contributed by atoms with van der Waals surface area (Å²) < 4.78 is 7.45. The molecule has 6 heteroatoms. The normalized spacial score (nSPS) is 14.0. The van der Waals surface area contributed by atoms with Gasteiger partial charge in [0.1, 0.15) is 22.9 Å². The number of nitrogens with zero attached hydrogens (tertiary/aromatic N) is 2. The summed E-state index contributed by atoms with van der Waals surface area (Å²) in [5.74, 6) is 2.61. The van der Waals surface area contributed by atoms with Crippen molar-refractivity contribution in [2.24, 2.45) is 0 Å². The van der Waals surface area contributed by atoms with Crippen LogP contribution in [0.1, 0.15) is 56.0 Å². The average molecular weight is 333 g/mol. The number of furan rings is 1. The molecule has 0 spiro atoms. The van der Waals surface area contributed by atoms with Crippen LogP contribution in [0.4, 0.5) is 0 Å². The second kappa shape index (κ2) is 7.21. The van der Waals surface area contributed by atoms with Crippen molar-refractivity contribution < 1.29 is 14.3 Å². The lowest BCUT2D eigenvalue weighted by Gasteiger charge is -2.23. The summed E-state index contributed by atoms with van der Waals surface area (Å²) in [4.78, 5) is 16.4. The summed E-state index contributed by atoms with van der Waals surface area (Å²) in [6, 6.07) is 1.81. The Kier molecular flexibility index (Phi) is 5.49. The fourth-order valence-electron chi connectivity index (χ4n) is 2.85. The number of hydrogen-bond donors (Lipinski definition) is 2. The quantitative estimate of drug-likeness (QED) is 0.816. The van der Waals surface area contributed by atoms with Crippen LogP contribution in [0.3, 0.4) is 0 Å². The molecule has 0 aliphatic rings. The van der Waals surface area contributed by atoms with Gasteiger partial charge in [0.2, 0.25) is 5.91 Å². The molecule has 2 heterocycles. The van der Waals surface area contributed by atoms with Gasteiger partial charge < -0.3 is 19.4 Å². The van der Waals surface area contributed by atoms with Gasteiger partial charge in [0, 0.05) is 36.8 Å². The summed E-state index contributed by atoms with van der Waals surface area (Å²) >= 11 is 0. The fraction of sp³-hybridized carbons (Fsp3) is 0.556. The first-order chi connectivity index (χ1) is 11.2. The molecule has 1 amide bonds. The van der Waals surface area contributed by atoms with Crippen LogP contribution < -0.4 is 5.32 Å². The number of nitrogens with one attached hydrogen (secondary N) is 1. The Bertz CT molecular complexity index is 698. The Morgan fingerprint density at radius 1 is 1.46 bits per heavy atom. The summed E-state index contributed by atoms with van der Waals surface area (Å²) in [5.41, 5.74) is -0.452. The second-order valence-electron chi connectivity index (χ2n) is 6.76. The first kappa shape index (κ1) is 18.3. The molecule has 2 aromatic heterocycles. The molecule has 1 unspecified atom stereocenters. The molecule has 2 rings (SSSR count). The van der Waals surface area contributed by atoms with E-state index < -0.39 is 5.60 Å². The molecule has 0 aliphatic heterocycles. The molecule has 0 aromatic carbocycles. The van der Waals surface area contributed by atoms with Crippen LogP contribution >= 0.6 is 0 Å². The minimum absolute atomic E-state index is 0.100. The topological polar surface area (TPSA) is 80.3 Å². The Morgan fingerprint density at radius 2 is 2.17 bits per heavy atom. The summed E-state index contributed by atoms with van der Waals surface area (Å²) in [7, 11) is 0. The molecule has 0 bridgehead atoms. The number of carbonyl (C=O) groups is 1. The van der Waals surface area contributed by atoms with Crippen LogP contribution in [0.15, 0.2) is 22.9 Å². The van der Waals surface area contributed by atoms with Gasteiger partial charge in [-0.3, -0.25) is 4.79 Å². The monoisotopic (exact) mass is 333 g/mol. The van der Waals surface area contributed by atoms with E-state index in [9.17, 15) is 9.90 Å². The van der Waals surface area contributed by atoms with Crippen molar-refractivity contribution in [3.8, 4) is 0 Å². The molecule has 0 fully saturated rings. The van der Waals surface area contributed by atoms with Crippen molar-refractivity contribution in [3.05, 3.63) is 41.4 Å². The van der Waals surface area contributed by atoms with E-state index in [-0.39, 0.29) is 12.5 Å². The van der Waals surface area contributed by atoms with E-state index in [1.807, 2.05) is 30.7 Å². The van der Waals surface area contributed by atoms with Gasteiger partial charge in [-0.2, -0.15) is 0 Å². The van der Waals surface area contributed by atoms with Gasteiger partial charge >= 0.3 is 0 Å². The number of aryl methyl sites for hydroxylation is 3. The van der Waals surface area contributed by atoms with Crippen molar-refractivity contribution in [3.63, 3.8) is 0 Å². The standard InChI is InChI=1S/C18H27N3O3/c1-12(2)17-19-7-9-21(17)8-6-16(22)20-11-18(5,23)15-10-13(3)24-14(15)4/h7,9-10,12,23H,6,8,11H2,1-5H3,(H,20,22). The number of aliphatic hydroxyl groups is 1. The van der Waals surface area contributed by atoms with Crippen LogP contribution in [0.2, 0.25) is 0 Å². The highest BCUT2D eigenvalue weighted by molar-refractivity contribution is 5.75. The van der Waals surface area contributed by atoms with Crippen molar-refractivity contribution in [1.29, 1.82) is 0 Å². The van der Waals surface area contributed by atoms with Crippen LogP contribution in [0.25, 0.3) is 0 Å². The van der Waals surface area contributed by atoms with Gasteiger partial charge in [0.25, 0.3) is 0 Å². The Balaban J connectivity index is 1.89. The van der Waals surface area contributed by atoms with Gasteiger partial charge in [-0.15, -0.1) is 0 Å². The van der Waals surface area contributed by atoms with Crippen LogP contribution in [0.5, 0.6) is 0 Å². The zero-order valence-electron chi connectivity index (χ0n) is 15.1. The molecule has 132 valence electrons. The summed E-state index contributed by atoms with van der Waals surface area (Å²) in [5, 5.41) is 13.4. The van der Waals surface area contributed by atoms with Gasteiger partial charge in [0.15, 0.2) is 0 Å². The molecule has 2 aromatic rings. The number of hydrogen-bond acceptors (Lipinski definition) is 4. The molecular weight excluding hydrogens is 306 g/mol. The van der Waals surface area contributed by atoms with E-state index in [0.29, 0.717) is 30.2 Å². The third-order valence-electron chi connectivity index (χ3n) is 4.09. The lowest BCUT2D eigenvalue weighted by Crippen LogP contribution is -2.39. The number of rotatable bonds is 7. The maximum absolute atomic E-state index is 12.1. The first-order valence-electron chi connectivity index (χ1n) is 8.28. The van der Waals surface area contributed by atoms with Crippen LogP contribution in [-0.4, -0.2) is 27.1 Å². The van der Waals surface area contributed by atoms with E-state index in [1.54, 1.807) is 13.1 Å². The largest absolute Gasteiger partial charge is 0.466 e. The third kappa shape index (κ3) is 4.26. The van der Waals surface area contributed by atoms with E-state index in [4.69, 9.17) is 4.42 Å². The van der Waals surface area contributed by atoms with Crippen molar-refractivity contribution in [1.82, 2.24) is 14.9 Å². The molecule has 1 atom stereocenters. The smallest absolute Gasteiger partial charge is 0.221 e. The lowest BCUT2D eigenvalue weighted by molar-refractivity contribution is -0.122. The minimum Gasteiger partial charge on any atom is -0.466 e. The molecule has 2 N–H and O–H groups in total. The van der Waals surface area contributed by atoms with E-state index in [1.165, 1.54) is 0 Å². The maximum Gasteiger partial charge on any atom is 0.221 e. The number of aromatic nitrogens is 2. The van der Waals surface area contributed by atoms with Crippen molar-refractivity contribution in [2.75, 3.05) is 6.54 Å². The molecule has 6 nitrogen and oxygen atoms in total. The summed E-state index contributed by atoms with van der Waals surface area (Å²) in [6.45, 7) is 10.2. The Labute approximate surface area is 142 Å². The average Bonchev–Trinajstić information content (AvgIpc) is 3.09. The van der Waals surface area contributed by atoms with E-state index >= 15 is 0 Å². The van der Waals surface area contributed by atoms with E-state index in [0.717, 1.165) is 11.6 Å². The maximum atomic E-state index is 12.1. The number of carbonyl (C=O) groups excluding carboxylic acids is 1. The van der Waals surface area contributed by atoms with E-state index in [2.05, 4.69) is 24.1 Å². The van der Waals surface area contributed by atoms with Crippen LogP contribution in [-0.2, 0) is 16.9 Å². The lowest BCUT2D eigenvalue weighted by atomic mass is 9.96. The summed E-state index contributed by atoms with van der Waals surface area (Å²) in [6.07, 6.45) is 3.98. The number of amides is 1. The second-order valence-corrected chi connectivity index (χ2v) is 6.76. The predicted molar refractivity (Wildman–Crippen MR) is 91.7 cm³/mol. The Morgan fingerprint density at radius 3 is 2.75 bits per heavy atom. The minimum atomic E-state index is -1.16.